The first-order valence-corrected chi connectivity index (χ1v) is 10.3. The fourth-order valence-corrected chi connectivity index (χ4v) is 4.83. The molecule has 0 aliphatic carbocycles. The predicted molar refractivity (Wildman–Crippen MR) is 117 cm³/mol. The number of nitrogens with two attached hydrogens (primary N) is 1. The number of amides is 1. The van der Waals surface area contributed by atoms with E-state index >= 15 is 0 Å². The van der Waals surface area contributed by atoms with Gasteiger partial charge in [-0.3, -0.25) is 9.89 Å². The van der Waals surface area contributed by atoms with Crippen molar-refractivity contribution in [2.45, 2.75) is 18.9 Å². The van der Waals surface area contributed by atoms with Crippen LogP contribution in [0.5, 0.6) is 5.88 Å². The molecule has 1 atom stereocenters. The van der Waals surface area contributed by atoms with Crippen molar-refractivity contribution in [2.24, 2.45) is 5.73 Å². The smallest absolute Gasteiger partial charge is 0.340 e. The molecule has 0 bridgehead atoms. The monoisotopic (exact) mass is 450 g/mol. The second-order valence-electron chi connectivity index (χ2n) is 7.61. The van der Waals surface area contributed by atoms with Crippen LogP contribution in [-0.2, 0) is 26.3 Å². The Kier molecular flexibility index (Phi) is 4.49. The van der Waals surface area contributed by atoms with E-state index in [4.69, 9.17) is 26.8 Å². The molecule has 2 aliphatic rings. The summed E-state index contributed by atoms with van der Waals surface area (Å²) >= 11 is 6.39. The Labute approximate surface area is 188 Å². The number of aromatic amines is 1. The molecule has 0 radical (unpaired) electrons. The first kappa shape index (κ1) is 20.1. The summed E-state index contributed by atoms with van der Waals surface area (Å²) in [5, 5.41) is 7.56. The van der Waals surface area contributed by atoms with Crippen molar-refractivity contribution in [3.8, 4) is 5.88 Å². The lowest BCUT2D eigenvalue weighted by Crippen LogP contribution is -2.48. The van der Waals surface area contributed by atoms with Gasteiger partial charge in [0.1, 0.15) is 11.0 Å². The van der Waals surface area contributed by atoms with E-state index in [9.17, 15) is 9.59 Å². The number of hydrogen-bond donors (Lipinski definition) is 2. The molecule has 1 spiro atoms. The summed E-state index contributed by atoms with van der Waals surface area (Å²) in [6.07, 6.45) is 0. The second-order valence-corrected chi connectivity index (χ2v) is 8.02. The molecule has 2 aliphatic heterocycles. The van der Waals surface area contributed by atoms with Crippen molar-refractivity contribution < 1.29 is 19.1 Å². The number of para-hydroxylation sites is 1. The first-order chi connectivity index (χ1) is 15.4. The summed E-state index contributed by atoms with van der Waals surface area (Å²) in [6, 6.07) is 14.6. The van der Waals surface area contributed by atoms with Crippen LogP contribution in [0.25, 0.3) is 0 Å². The van der Waals surface area contributed by atoms with Crippen LogP contribution in [0.2, 0.25) is 5.02 Å². The van der Waals surface area contributed by atoms with E-state index in [-0.39, 0.29) is 29.8 Å². The summed E-state index contributed by atoms with van der Waals surface area (Å²) in [6.45, 7) is 1.97. The molecular formula is C23H19ClN4O4. The quantitative estimate of drug-likeness (QED) is 0.593. The van der Waals surface area contributed by atoms with Crippen molar-refractivity contribution in [3.63, 3.8) is 0 Å². The van der Waals surface area contributed by atoms with Crippen LogP contribution >= 0.6 is 11.6 Å². The third-order valence-electron chi connectivity index (χ3n) is 5.96. The van der Waals surface area contributed by atoms with Crippen molar-refractivity contribution in [3.05, 3.63) is 87.4 Å². The van der Waals surface area contributed by atoms with Crippen molar-refractivity contribution >= 4 is 29.2 Å². The summed E-state index contributed by atoms with van der Waals surface area (Å²) in [4.78, 5) is 28.9. The molecule has 0 fully saturated rings. The van der Waals surface area contributed by atoms with Crippen LogP contribution in [0.3, 0.4) is 0 Å². The van der Waals surface area contributed by atoms with Crippen LogP contribution in [-0.4, -0.2) is 29.2 Å². The van der Waals surface area contributed by atoms with Crippen molar-refractivity contribution in [1.29, 1.82) is 0 Å². The van der Waals surface area contributed by atoms with E-state index in [0.29, 0.717) is 27.5 Å². The number of nitrogens with one attached hydrogen (secondary N) is 1. The highest BCUT2D eigenvalue weighted by Gasteiger charge is 2.62. The van der Waals surface area contributed by atoms with Gasteiger partial charge < -0.3 is 20.1 Å². The molecule has 5 rings (SSSR count). The number of H-pyrrole nitrogens is 1. The van der Waals surface area contributed by atoms with Gasteiger partial charge >= 0.3 is 5.97 Å². The number of halogens is 1. The number of aromatic nitrogens is 2. The Morgan fingerprint density at radius 1 is 1.25 bits per heavy atom. The van der Waals surface area contributed by atoms with Gasteiger partial charge in [0.25, 0.3) is 0 Å². The number of ether oxygens (including phenoxy) is 2. The lowest BCUT2D eigenvalue weighted by Gasteiger charge is -2.34. The number of carbonyl (C=O) groups excluding carboxylic acids is 2. The van der Waals surface area contributed by atoms with Gasteiger partial charge in [-0.15, -0.1) is 5.10 Å². The van der Waals surface area contributed by atoms with Gasteiger partial charge in [0, 0.05) is 22.0 Å². The standard InChI is InChI=1S/C23H19ClN4O4/c1-12-17-20(27-26-12)32-19(25)18(21(29)31-2)23(17)14-8-4-6-10-16(14)28(22(23)30)11-13-7-3-5-9-15(13)24/h3-10H,11,25H2,1-2H3,(H,26,27). The third-order valence-corrected chi connectivity index (χ3v) is 6.33. The van der Waals surface area contributed by atoms with E-state index < -0.39 is 11.4 Å². The predicted octanol–water partition coefficient (Wildman–Crippen LogP) is 2.94. The molecule has 1 amide bonds. The maximum absolute atomic E-state index is 14.3. The van der Waals surface area contributed by atoms with Gasteiger partial charge in [-0.25, -0.2) is 4.79 Å². The van der Waals surface area contributed by atoms with Crippen LogP contribution < -0.4 is 15.4 Å². The van der Waals surface area contributed by atoms with Crippen LogP contribution in [0.1, 0.15) is 22.4 Å². The molecule has 0 saturated heterocycles. The lowest BCUT2D eigenvalue weighted by atomic mass is 9.68. The Bertz CT molecular complexity index is 1310. The Morgan fingerprint density at radius 2 is 1.97 bits per heavy atom. The topological polar surface area (TPSA) is 111 Å². The fourth-order valence-electron chi connectivity index (χ4n) is 4.63. The number of rotatable bonds is 3. The molecular weight excluding hydrogens is 432 g/mol. The first-order valence-electron chi connectivity index (χ1n) is 9.88. The number of nitrogens with zero attached hydrogens (tertiary/aromatic N) is 2. The minimum atomic E-state index is -1.57. The van der Waals surface area contributed by atoms with Crippen molar-refractivity contribution in [1.82, 2.24) is 10.2 Å². The molecule has 1 unspecified atom stereocenters. The minimum Gasteiger partial charge on any atom is -0.465 e. The number of anilines is 1. The van der Waals surface area contributed by atoms with E-state index in [2.05, 4.69) is 10.2 Å². The third kappa shape index (κ3) is 2.53. The number of benzene rings is 2. The summed E-state index contributed by atoms with van der Waals surface area (Å²) in [5.74, 6) is -1.19. The summed E-state index contributed by atoms with van der Waals surface area (Å²) in [7, 11) is 1.24. The normalized spacial score (nSPS) is 19.1. The average molecular weight is 451 g/mol. The molecule has 9 heteroatoms. The molecule has 3 heterocycles. The van der Waals surface area contributed by atoms with Crippen molar-refractivity contribution in [2.75, 3.05) is 12.0 Å². The number of methoxy groups -OCH3 is 1. The molecule has 1 aromatic heterocycles. The molecule has 3 N–H and O–H groups in total. The van der Waals surface area contributed by atoms with Gasteiger partial charge in [-0.1, -0.05) is 48.0 Å². The van der Waals surface area contributed by atoms with E-state index in [1.54, 1.807) is 24.0 Å². The maximum Gasteiger partial charge on any atom is 0.340 e. The van der Waals surface area contributed by atoms with Gasteiger partial charge in [0.05, 0.1) is 19.2 Å². The number of fused-ring (bicyclic) bond motifs is 4. The fraction of sp³-hybridized carbons (Fsp3) is 0.174. The Balaban J connectivity index is 1.81. The van der Waals surface area contributed by atoms with Gasteiger partial charge in [-0.05, 0) is 24.6 Å². The van der Waals surface area contributed by atoms with Gasteiger partial charge in [-0.2, -0.15) is 0 Å². The highest BCUT2D eigenvalue weighted by atomic mass is 35.5. The second kappa shape index (κ2) is 7.13. The SMILES string of the molecule is COC(=O)C1=C(N)Oc2n[nH]c(C)c2C12C(=O)N(Cc1ccccc1Cl)c1ccccc12. The number of hydrogen-bond acceptors (Lipinski definition) is 6. The lowest BCUT2D eigenvalue weighted by molar-refractivity contribution is -0.138. The van der Waals surface area contributed by atoms with Crippen LogP contribution in [0, 0.1) is 6.92 Å². The van der Waals surface area contributed by atoms with E-state index in [0.717, 1.165) is 5.56 Å². The minimum absolute atomic E-state index is 0.0730. The number of esters is 1. The average Bonchev–Trinajstić information content (AvgIpc) is 3.27. The highest BCUT2D eigenvalue weighted by molar-refractivity contribution is 6.31. The van der Waals surface area contributed by atoms with Crippen LogP contribution in [0.15, 0.2) is 60.0 Å². The molecule has 2 aromatic carbocycles. The zero-order valence-electron chi connectivity index (χ0n) is 17.3. The van der Waals surface area contributed by atoms with E-state index in [1.165, 1.54) is 7.11 Å². The molecule has 8 nitrogen and oxygen atoms in total. The zero-order valence-corrected chi connectivity index (χ0v) is 18.1. The summed E-state index contributed by atoms with van der Waals surface area (Å²) in [5.41, 5.74) is 7.56. The zero-order chi connectivity index (χ0) is 22.6. The Morgan fingerprint density at radius 3 is 2.72 bits per heavy atom. The van der Waals surface area contributed by atoms with E-state index in [1.807, 2.05) is 36.4 Å². The molecule has 3 aromatic rings. The largest absolute Gasteiger partial charge is 0.465 e. The molecule has 32 heavy (non-hydrogen) atoms. The molecule has 0 saturated carbocycles. The van der Waals surface area contributed by atoms with Crippen LogP contribution in [0.4, 0.5) is 5.69 Å². The van der Waals surface area contributed by atoms with Gasteiger partial charge in [0.2, 0.25) is 17.7 Å². The highest BCUT2D eigenvalue weighted by Crippen LogP contribution is 2.56. The maximum atomic E-state index is 14.3. The van der Waals surface area contributed by atoms with Gasteiger partial charge in [0.15, 0.2) is 0 Å². The number of aryl methyl sites for hydroxylation is 1. The Hall–Kier alpha value is -3.78. The number of carbonyl (C=O) groups is 2. The summed E-state index contributed by atoms with van der Waals surface area (Å²) < 4.78 is 10.7. The molecule has 162 valence electrons.